The van der Waals surface area contributed by atoms with Crippen LogP contribution < -0.4 is 17.7 Å². The zero-order chi connectivity index (χ0) is 10.5. The normalized spacial score (nSPS) is 9.81. The molecular formula is C12H14ClN2S-. The summed E-state index contributed by atoms with van der Waals surface area (Å²) in [7, 11) is 0. The minimum Gasteiger partial charge on any atom is -1.00 e. The van der Waals surface area contributed by atoms with Gasteiger partial charge in [0.25, 0.3) is 0 Å². The number of hydrogen-bond acceptors (Lipinski definition) is 3. The van der Waals surface area contributed by atoms with E-state index in [0.29, 0.717) is 0 Å². The Bertz CT molecular complexity index is 414. The van der Waals surface area contributed by atoms with Gasteiger partial charge in [0, 0.05) is 29.0 Å². The first-order chi connectivity index (χ1) is 7.34. The molecule has 0 saturated carbocycles. The molecule has 0 spiro atoms. The topological polar surface area (TPSA) is 24.9 Å². The third kappa shape index (κ3) is 3.93. The maximum Gasteiger partial charge on any atom is 0.0541 e. The highest BCUT2D eigenvalue weighted by Crippen LogP contribution is 2.14. The van der Waals surface area contributed by atoms with Crippen LogP contribution in [0.1, 0.15) is 15.4 Å². The average Bonchev–Trinajstić information content (AvgIpc) is 2.66. The molecule has 86 valence electrons. The number of nitrogens with one attached hydrogen (secondary N) is 1. The van der Waals surface area contributed by atoms with E-state index in [2.05, 4.69) is 29.4 Å². The summed E-state index contributed by atoms with van der Waals surface area (Å²) in [6.07, 6.45) is 1.83. The smallest absolute Gasteiger partial charge is 0.0541 e. The second-order valence-electron chi connectivity index (χ2n) is 3.44. The van der Waals surface area contributed by atoms with E-state index in [1.54, 1.807) is 0 Å². The maximum atomic E-state index is 4.26. The van der Waals surface area contributed by atoms with Crippen LogP contribution in [0.15, 0.2) is 36.5 Å². The van der Waals surface area contributed by atoms with Gasteiger partial charge in [-0.2, -0.15) is 0 Å². The molecular weight excluding hydrogens is 240 g/mol. The zero-order valence-corrected chi connectivity index (χ0v) is 10.7. The standard InChI is InChI=1S/C12H14N2S.ClH/c1-10-5-6-12(15-10)9-13-8-11-4-2-3-7-14-11;/h2-7,13H,8-9H2,1H3;1H/p-1. The van der Waals surface area contributed by atoms with Gasteiger partial charge in [-0.05, 0) is 31.2 Å². The number of hydrogen-bond donors (Lipinski definition) is 1. The Morgan fingerprint density at radius 3 is 2.69 bits per heavy atom. The van der Waals surface area contributed by atoms with Crippen molar-refractivity contribution in [2.45, 2.75) is 20.0 Å². The van der Waals surface area contributed by atoms with Crippen LogP contribution in [0.25, 0.3) is 0 Å². The Balaban J connectivity index is 0.00000128. The number of pyridine rings is 1. The van der Waals surface area contributed by atoms with E-state index in [0.717, 1.165) is 18.8 Å². The number of nitrogens with zero attached hydrogens (tertiary/aromatic N) is 1. The molecule has 2 aromatic rings. The van der Waals surface area contributed by atoms with Crippen molar-refractivity contribution in [3.05, 3.63) is 52.0 Å². The van der Waals surface area contributed by atoms with Crippen molar-refractivity contribution in [1.82, 2.24) is 10.3 Å². The molecule has 0 fully saturated rings. The fourth-order valence-corrected chi connectivity index (χ4v) is 2.26. The molecule has 0 saturated heterocycles. The maximum absolute atomic E-state index is 4.26. The Hall–Kier alpha value is -0.900. The van der Waals surface area contributed by atoms with Crippen LogP contribution in [-0.2, 0) is 13.1 Å². The lowest BCUT2D eigenvalue weighted by atomic mass is 10.3. The van der Waals surface area contributed by atoms with Gasteiger partial charge in [0.05, 0.1) is 5.69 Å². The third-order valence-electron chi connectivity index (χ3n) is 2.13. The number of thiophene rings is 1. The summed E-state index contributed by atoms with van der Waals surface area (Å²) in [5.41, 5.74) is 1.09. The predicted molar refractivity (Wildman–Crippen MR) is 63.8 cm³/mol. The van der Waals surface area contributed by atoms with Gasteiger partial charge < -0.3 is 17.7 Å². The molecule has 1 N–H and O–H groups in total. The second kappa shape index (κ2) is 6.63. The van der Waals surface area contributed by atoms with Crippen LogP contribution in [0.5, 0.6) is 0 Å². The summed E-state index contributed by atoms with van der Waals surface area (Å²) in [6.45, 7) is 3.89. The van der Waals surface area contributed by atoms with Gasteiger partial charge in [-0.3, -0.25) is 4.98 Å². The Kier molecular flexibility index (Phi) is 5.46. The molecule has 2 aromatic heterocycles. The van der Waals surface area contributed by atoms with Crippen LogP contribution >= 0.6 is 11.3 Å². The van der Waals surface area contributed by atoms with Crippen LogP contribution in [0.3, 0.4) is 0 Å². The van der Waals surface area contributed by atoms with Gasteiger partial charge in [-0.25, -0.2) is 0 Å². The molecule has 0 aliphatic heterocycles. The van der Waals surface area contributed by atoms with E-state index < -0.39 is 0 Å². The summed E-state index contributed by atoms with van der Waals surface area (Å²) >= 11 is 1.84. The summed E-state index contributed by atoms with van der Waals surface area (Å²) in [5, 5.41) is 3.38. The van der Waals surface area contributed by atoms with Crippen LogP contribution in [0.2, 0.25) is 0 Å². The molecule has 0 aromatic carbocycles. The van der Waals surface area contributed by atoms with Crippen molar-refractivity contribution in [3.8, 4) is 0 Å². The average molecular weight is 254 g/mol. The predicted octanol–water partition coefficient (Wildman–Crippen LogP) is -0.255. The van der Waals surface area contributed by atoms with E-state index in [1.807, 2.05) is 35.7 Å². The molecule has 0 aliphatic carbocycles. The molecule has 0 aliphatic rings. The van der Waals surface area contributed by atoms with Crippen molar-refractivity contribution < 1.29 is 12.4 Å². The van der Waals surface area contributed by atoms with Gasteiger partial charge in [0.15, 0.2) is 0 Å². The first kappa shape index (κ1) is 13.2. The minimum absolute atomic E-state index is 0. The van der Waals surface area contributed by atoms with Crippen LogP contribution in [0.4, 0.5) is 0 Å². The van der Waals surface area contributed by atoms with Crippen molar-refractivity contribution in [1.29, 1.82) is 0 Å². The number of halogens is 1. The zero-order valence-electron chi connectivity index (χ0n) is 9.11. The fourth-order valence-electron chi connectivity index (χ4n) is 1.40. The minimum atomic E-state index is 0. The number of aryl methyl sites for hydroxylation is 1. The Morgan fingerprint density at radius 1 is 1.19 bits per heavy atom. The second-order valence-corrected chi connectivity index (χ2v) is 4.81. The Labute approximate surface area is 106 Å². The van der Waals surface area contributed by atoms with E-state index in [9.17, 15) is 0 Å². The van der Waals surface area contributed by atoms with Crippen molar-refractivity contribution in [2.24, 2.45) is 0 Å². The van der Waals surface area contributed by atoms with Gasteiger partial charge >= 0.3 is 0 Å². The molecule has 0 unspecified atom stereocenters. The fraction of sp³-hybridized carbons (Fsp3) is 0.250. The Morgan fingerprint density at radius 2 is 2.06 bits per heavy atom. The highest BCUT2D eigenvalue weighted by Gasteiger charge is 1.96. The van der Waals surface area contributed by atoms with Crippen molar-refractivity contribution in [3.63, 3.8) is 0 Å². The first-order valence-corrected chi connectivity index (χ1v) is 5.82. The summed E-state index contributed by atoms with van der Waals surface area (Å²) in [6, 6.07) is 10.3. The molecule has 0 bridgehead atoms. The molecule has 16 heavy (non-hydrogen) atoms. The highest BCUT2D eigenvalue weighted by molar-refractivity contribution is 7.11. The number of rotatable bonds is 4. The molecule has 0 radical (unpaired) electrons. The largest absolute Gasteiger partial charge is 1.00 e. The van der Waals surface area contributed by atoms with E-state index in [4.69, 9.17) is 0 Å². The first-order valence-electron chi connectivity index (χ1n) is 5.00. The monoisotopic (exact) mass is 253 g/mol. The van der Waals surface area contributed by atoms with Gasteiger partial charge in [0.2, 0.25) is 0 Å². The lowest BCUT2D eigenvalue weighted by Crippen LogP contribution is -3.00. The van der Waals surface area contributed by atoms with Crippen LogP contribution in [0, 0.1) is 6.92 Å². The van der Waals surface area contributed by atoms with Gasteiger partial charge in [-0.15, -0.1) is 11.3 Å². The molecule has 0 amide bonds. The molecule has 2 nitrogen and oxygen atoms in total. The number of aromatic nitrogens is 1. The SMILES string of the molecule is Cc1ccc(CNCc2ccccn2)s1.[Cl-]. The highest BCUT2D eigenvalue weighted by atomic mass is 35.5. The molecule has 2 heterocycles. The summed E-state index contributed by atoms with van der Waals surface area (Å²) in [4.78, 5) is 7.00. The van der Waals surface area contributed by atoms with Crippen molar-refractivity contribution >= 4 is 11.3 Å². The van der Waals surface area contributed by atoms with E-state index in [1.165, 1.54) is 9.75 Å². The molecule has 0 atom stereocenters. The van der Waals surface area contributed by atoms with E-state index in [-0.39, 0.29) is 12.4 Å². The lowest BCUT2D eigenvalue weighted by molar-refractivity contribution is -0.00000314. The summed E-state index contributed by atoms with van der Waals surface area (Å²) < 4.78 is 0. The summed E-state index contributed by atoms with van der Waals surface area (Å²) in [5.74, 6) is 0. The molecule has 4 heteroatoms. The third-order valence-corrected chi connectivity index (χ3v) is 3.13. The molecule has 2 rings (SSSR count). The van der Waals surface area contributed by atoms with Crippen molar-refractivity contribution in [2.75, 3.05) is 0 Å². The van der Waals surface area contributed by atoms with Gasteiger partial charge in [0.1, 0.15) is 0 Å². The van der Waals surface area contributed by atoms with Gasteiger partial charge in [-0.1, -0.05) is 6.07 Å². The quantitative estimate of drug-likeness (QED) is 0.813. The van der Waals surface area contributed by atoms with Crippen LogP contribution in [-0.4, -0.2) is 4.98 Å². The lowest BCUT2D eigenvalue weighted by Gasteiger charge is -2.01. The van der Waals surface area contributed by atoms with E-state index >= 15 is 0 Å².